The van der Waals surface area contributed by atoms with Gasteiger partial charge in [0.05, 0.1) is 16.7 Å². The van der Waals surface area contributed by atoms with Gasteiger partial charge >= 0.3 is 5.97 Å². The third kappa shape index (κ3) is 3.37. The van der Waals surface area contributed by atoms with Crippen molar-refractivity contribution >= 4 is 27.6 Å². The number of piperidine rings is 1. The molecule has 0 radical (unpaired) electrons. The summed E-state index contributed by atoms with van der Waals surface area (Å²) in [6.45, 7) is 0.613. The molecule has 0 aliphatic carbocycles. The largest absolute Gasteiger partial charge is 0.478 e. The van der Waals surface area contributed by atoms with E-state index in [0.717, 1.165) is 12.5 Å². The van der Waals surface area contributed by atoms with Gasteiger partial charge in [-0.3, -0.25) is 0 Å². The Labute approximate surface area is 128 Å². The molecule has 8 heteroatoms. The Kier molecular flexibility index (Phi) is 4.88. The summed E-state index contributed by atoms with van der Waals surface area (Å²) in [4.78, 5) is 10.8. The molecule has 0 amide bonds. The van der Waals surface area contributed by atoms with Crippen molar-refractivity contribution in [1.82, 2.24) is 4.31 Å². The van der Waals surface area contributed by atoms with Gasteiger partial charge in [-0.25, -0.2) is 13.2 Å². The molecule has 116 valence electrons. The van der Waals surface area contributed by atoms with Crippen LogP contribution in [0.15, 0.2) is 23.1 Å². The van der Waals surface area contributed by atoms with E-state index in [4.69, 9.17) is 21.4 Å². The summed E-state index contributed by atoms with van der Waals surface area (Å²) in [5.74, 6) is -1.20. The third-order valence-electron chi connectivity index (χ3n) is 3.47. The third-order valence-corrected chi connectivity index (χ3v) is 5.82. The predicted octanol–water partition coefficient (Wildman–Crippen LogP) is 1.84. The number of benzene rings is 1. The van der Waals surface area contributed by atoms with Crippen LogP contribution in [0, 0.1) is 0 Å². The molecule has 6 nitrogen and oxygen atoms in total. The van der Waals surface area contributed by atoms with E-state index in [-0.39, 0.29) is 28.1 Å². The minimum atomic E-state index is -3.83. The highest BCUT2D eigenvalue weighted by atomic mass is 35.5. The first kappa shape index (κ1) is 16.2. The van der Waals surface area contributed by atoms with Gasteiger partial charge in [-0.2, -0.15) is 4.31 Å². The SMILES string of the molecule is COC1CCCN(S(=O)(=O)c2cc(C(=O)O)ccc2Cl)C1. The molecule has 1 aliphatic heterocycles. The normalized spacial score (nSPS) is 20.4. The quantitative estimate of drug-likeness (QED) is 0.908. The van der Waals surface area contributed by atoms with Crippen LogP contribution in [0.5, 0.6) is 0 Å². The monoisotopic (exact) mass is 333 g/mol. The average Bonchev–Trinajstić information content (AvgIpc) is 2.47. The van der Waals surface area contributed by atoms with Gasteiger partial charge in [0, 0.05) is 20.2 Å². The number of halogens is 1. The average molecular weight is 334 g/mol. The predicted molar refractivity (Wildman–Crippen MR) is 77.2 cm³/mol. The fraction of sp³-hybridized carbons (Fsp3) is 0.462. The van der Waals surface area contributed by atoms with Gasteiger partial charge in [0.2, 0.25) is 10.0 Å². The zero-order chi connectivity index (χ0) is 15.6. The Morgan fingerprint density at radius 3 is 2.81 bits per heavy atom. The van der Waals surface area contributed by atoms with E-state index < -0.39 is 16.0 Å². The van der Waals surface area contributed by atoms with Crippen LogP contribution in [-0.4, -0.2) is 50.1 Å². The smallest absolute Gasteiger partial charge is 0.335 e. The van der Waals surface area contributed by atoms with Crippen LogP contribution >= 0.6 is 11.6 Å². The minimum Gasteiger partial charge on any atom is -0.478 e. The highest BCUT2D eigenvalue weighted by molar-refractivity contribution is 7.89. The maximum absolute atomic E-state index is 12.6. The molecular formula is C13H16ClNO5S. The second-order valence-electron chi connectivity index (χ2n) is 4.81. The van der Waals surface area contributed by atoms with Gasteiger partial charge in [-0.15, -0.1) is 0 Å². The van der Waals surface area contributed by atoms with Crippen molar-refractivity contribution < 1.29 is 23.1 Å². The highest BCUT2D eigenvalue weighted by Crippen LogP contribution is 2.28. The van der Waals surface area contributed by atoms with E-state index in [0.29, 0.717) is 13.0 Å². The molecule has 1 unspecified atom stereocenters. The molecule has 0 saturated carbocycles. The number of carbonyl (C=O) groups is 1. The van der Waals surface area contributed by atoms with E-state index in [1.807, 2.05) is 0 Å². The molecule has 1 heterocycles. The maximum atomic E-state index is 12.6. The van der Waals surface area contributed by atoms with Gasteiger partial charge in [0.15, 0.2) is 0 Å². The molecule has 21 heavy (non-hydrogen) atoms. The van der Waals surface area contributed by atoms with Crippen molar-refractivity contribution in [1.29, 1.82) is 0 Å². The maximum Gasteiger partial charge on any atom is 0.335 e. The molecular weight excluding hydrogens is 318 g/mol. The lowest BCUT2D eigenvalue weighted by Crippen LogP contribution is -2.42. The lowest BCUT2D eigenvalue weighted by Gasteiger charge is -2.31. The van der Waals surface area contributed by atoms with Crippen LogP contribution < -0.4 is 0 Å². The molecule has 2 rings (SSSR count). The molecule has 0 bridgehead atoms. The Morgan fingerprint density at radius 2 is 2.19 bits per heavy atom. The first-order valence-corrected chi connectivity index (χ1v) is 8.24. The van der Waals surface area contributed by atoms with Gasteiger partial charge < -0.3 is 9.84 Å². The summed E-state index contributed by atoms with van der Waals surface area (Å²) in [5.41, 5.74) is -0.113. The number of hydrogen-bond donors (Lipinski definition) is 1. The Morgan fingerprint density at radius 1 is 1.48 bits per heavy atom. The summed E-state index contributed by atoms with van der Waals surface area (Å²) in [6, 6.07) is 3.66. The van der Waals surface area contributed by atoms with Crippen LogP contribution in [0.25, 0.3) is 0 Å². The van der Waals surface area contributed by atoms with Crippen LogP contribution in [0.2, 0.25) is 5.02 Å². The first-order chi connectivity index (χ1) is 9.86. The molecule has 1 atom stereocenters. The van der Waals surface area contributed by atoms with Crippen LogP contribution in [0.1, 0.15) is 23.2 Å². The molecule has 1 saturated heterocycles. The van der Waals surface area contributed by atoms with E-state index in [1.54, 1.807) is 7.11 Å². The minimum absolute atomic E-state index is 0.0135. The topological polar surface area (TPSA) is 83.9 Å². The lowest BCUT2D eigenvalue weighted by molar-refractivity contribution is 0.0571. The van der Waals surface area contributed by atoms with Crippen molar-refractivity contribution in [2.24, 2.45) is 0 Å². The van der Waals surface area contributed by atoms with Crippen molar-refractivity contribution in [3.8, 4) is 0 Å². The number of carboxylic acids is 1. The molecule has 0 spiro atoms. The molecule has 1 aromatic carbocycles. The molecule has 1 aliphatic rings. The van der Waals surface area contributed by atoms with Crippen molar-refractivity contribution in [2.75, 3.05) is 20.2 Å². The number of aromatic carboxylic acids is 1. The number of ether oxygens (including phenoxy) is 1. The first-order valence-electron chi connectivity index (χ1n) is 6.42. The van der Waals surface area contributed by atoms with Gasteiger partial charge in [0.1, 0.15) is 4.90 Å². The zero-order valence-electron chi connectivity index (χ0n) is 11.5. The summed E-state index contributed by atoms with van der Waals surface area (Å²) >= 11 is 5.94. The lowest BCUT2D eigenvalue weighted by atomic mass is 10.1. The van der Waals surface area contributed by atoms with Crippen LogP contribution in [0.3, 0.4) is 0 Å². The van der Waals surface area contributed by atoms with Crippen molar-refractivity contribution in [3.63, 3.8) is 0 Å². The summed E-state index contributed by atoms with van der Waals surface area (Å²) in [7, 11) is -2.29. The number of sulfonamides is 1. The van der Waals surface area contributed by atoms with E-state index in [1.165, 1.54) is 16.4 Å². The number of rotatable bonds is 4. The standard InChI is InChI=1S/C13H16ClNO5S/c1-20-10-3-2-6-15(8-10)21(18,19)12-7-9(13(16)17)4-5-11(12)14/h4-5,7,10H,2-3,6,8H2,1H3,(H,16,17). The van der Waals surface area contributed by atoms with Gasteiger partial charge in [-0.1, -0.05) is 11.6 Å². The summed E-state index contributed by atoms with van der Waals surface area (Å²) in [6.07, 6.45) is 1.33. The summed E-state index contributed by atoms with van der Waals surface area (Å²) in [5, 5.41) is 9.00. The number of carboxylic acid groups (broad SMARTS) is 1. The van der Waals surface area contributed by atoms with Crippen LogP contribution in [0.4, 0.5) is 0 Å². The van der Waals surface area contributed by atoms with E-state index in [2.05, 4.69) is 0 Å². The van der Waals surface area contributed by atoms with Gasteiger partial charge in [-0.05, 0) is 31.0 Å². The molecule has 1 fully saturated rings. The molecule has 0 aromatic heterocycles. The Hall–Kier alpha value is -1.15. The number of methoxy groups -OCH3 is 1. The number of nitrogens with zero attached hydrogens (tertiary/aromatic N) is 1. The number of hydrogen-bond acceptors (Lipinski definition) is 4. The summed E-state index contributed by atoms with van der Waals surface area (Å²) < 4.78 is 31.8. The Balaban J connectivity index is 2.39. The highest BCUT2D eigenvalue weighted by Gasteiger charge is 2.32. The Bertz CT molecular complexity index is 646. The van der Waals surface area contributed by atoms with Crippen LogP contribution in [-0.2, 0) is 14.8 Å². The van der Waals surface area contributed by atoms with Gasteiger partial charge in [0.25, 0.3) is 0 Å². The van der Waals surface area contributed by atoms with E-state index in [9.17, 15) is 13.2 Å². The second-order valence-corrected chi connectivity index (χ2v) is 7.13. The fourth-order valence-electron chi connectivity index (χ4n) is 2.29. The fourth-order valence-corrected chi connectivity index (χ4v) is 4.30. The molecule has 1 aromatic rings. The van der Waals surface area contributed by atoms with Crippen molar-refractivity contribution in [3.05, 3.63) is 28.8 Å². The molecule has 1 N–H and O–H groups in total. The second kappa shape index (κ2) is 6.31. The van der Waals surface area contributed by atoms with Crippen molar-refractivity contribution in [2.45, 2.75) is 23.8 Å². The zero-order valence-corrected chi connectivity index (χ0v) is 13.0. The van der Waals surface area contributed by atoms with E-state index >= 15 is 0 Å².